The van der Waals surface area contributed by atoms with Gasteiger partial charge in [-0.2, -0.15) is 14.7 Å². The van der Waals surface area contributed by atoms with E-state index in [0.717, 1.165) is 0 Å². The predicted molar refractivity (Wildman–Crippen MR) is 146 cm³/mol. The van der Waals surface area contributed by atoms with Gasteiger partial charge >= 0.3 is 0 Å². The van der Waals surface area contributed by atoms with Crippen molar-refractivity contribution in [3.8, 4) is 0 Å². The first-order valence-electron chi connectivity index (χ1n) is 11.9. The molecule has 0 radical (unpaired) electrons. The molecule has 11 heteroatoms. The fraction of sp³-hybridized carbons (Fsp3) is 0.308. The summed E-state index contributed by atoms with van der Waals surface area (Å²) in [5.41, 5.74) is 0.720. The zero-order valence-electron chi connectivity index (χ0n) is 21.1. The zero-order chi connectivity index (χ0) is 26.3. The van der Waals surface area contributed by atoms with Crippen molar-refractivity contribution in [1.29, 1.82) is 0 Å². The molecule has 1 amide bonds. The van der Waals surface area contributed by atoms with Crippen LogP contribution in [0.25, 0.3) is 11.2 Å². The highest BCUT2D eigenvalue weighted by molar-refractivity contribution is 6.99. The maximum absolute atomic E-state index is 10.7. The van der Waals surface area contributed by atoms with Crippen molar-refractivity contribution in [3.05, 3.63) is 72.1 Å². The Balaban J connectivity index is 1.37. The molecule has 0 fully saturated rings. The number of hydrogen-bond donors (Lipinski definition) is 1. The van der Waals surface area contributed by atoms with Crippen molar-refractivity contribution in [1.82, 2.24) is 19.7 Å². The average molecular weight is 540 g/mol. The predicted octanol–water partition coefficient (Wildman–Crippen LogP) is 3.07. The lowest BCUT2D eigenvalue weighted by atomic mass is 10.2. The van der Waals surface area contributed by atoms with Crippen LogP contribution in [0, 0.1) is 0 Å². The number of nitrogens with zero attached hydrogens (tertiary/aromatic N) is 4. The zero-order valence-corrected chi connectivity index (χ0v) is 22.8. The largest absolute Gasteiger partial charge is 0.408 e. The van der Waals surface area contributed by atoms with Gasteiger partial charge in [0, 0.05) is 0 Å². The number of amides is 1. The molecule has 0 saturated carbocycles. The van der Waals surface area contributed by atoms with Gasteiger partial charge < -0.3 is 14.0 Å². The van der Waals surface area contributed by atoms with Gasteiger partial charge in [0.1, 0.15) is 18.5 Å². The molecule has 0 spiro atoms. The van der Waals surface area contributed by atoms with Gasteiger partial charge in [-0.15, -0.1) is 0 Å². The van der Waals surface area contributed by atoms with E-state index in [1.54, 1.807) is 0 Å². The highest BCUT2D eigenvalue weighted by Gasteiger charge is 2.49. The summed E-state index contributed by atoms with van der Waals surface area (Å²) in [6, 6.07) is 21.0. The van der Waals surface area contributed by atoms with Crippen LogP contribution in [0.4, 0.5) is 5.95 Å². The number of halogens is 1. The van der Waals surface area contributed by atoms with Crippen LogP contribution in [-0.4, -0.2) is 60.8 Å². The summed E-state index contributed by atoms with van der Waals surface area (Å²) in [4.78, 5) is 28.8. The number of imidazole rings is 1. The third-order valence-electron chi connectivity index (χ3n) is 5.93. The van der Waals surface area contributed by atoms with E-state index in [-0.39, 0.29) is 22.7 Å². The standard InChI is InChI=1S/C26H30ClN5O4Si/c1-26(2,3)37(20-10-6-4-7-11-20,21-12-8-5-9-13-21)36-17-15-34-14-16-35-32-18-28-22-23(27)30-25(29-19-33)31-24(22)32/h4-13,18-19H,14-17H2,1-3H3,(H,29,30,31,33). The van der Waals surface area contributed by atoms with Crippen LogP contribution >= 0.6 is 11.6 Å². The lowest BCUT2D eigenvalue weighted by Crippen LogP contribution is -2.66. The second kappa shape index (κ2) is 11.8. The minimum atomic E-state index is -2.59. The van der Waals surface area contributed by atoms with Gasteiger partial charge in [-0.1, -0.05) is 93.0 Å². The van der Waals surface area contributed by atoms with E-state index in [0.29, 0.717) is 37.4 Å². The second-order valence-electron chi connectivity index (χ2n) is 9.30. The van der Waals surface area contributed by atoms with E-state index in [1.807, 2.05) is 12.1 Å². The number of anilines is 1. The van der Waals surface area contributed by atoms with E-state index in [1.165, 1.54) is 21.4 Å². The fourth-order valence-electron chi connectivity index (χ4n) is 4.37. The SMILES string of the molecule is CC(C)(C)[Si](OCCOCCOn1cnc2c(Cl)nc(NC=O)nc21)(c1ccccc1)c1ccccc1. The molecule has 0 saturated heterocycles. The molecular weight excluding hydrogens is 510 g/mol. The van der Waals surface area contributed by atoms with E-state index < -0.39 is 8.32 Å². The molecule has 0 aliphatic heterocycles. The van der Waals surface area contributed by atoms with Crippen LogP contribution in [0.2, 0.25) is 10.2 Å². The number of nitrogens with one attached hydrogen (secondary N) is 1. The minimum Gasteiger partial charge on any atom is -0.408 e. The van der Waals surface area contributed by atoms with E-state index in [4.69, 9.17) is 25.6 Å². The third kappa shape index (κ3) is 5.83. The van der Waals surface area contributed by atoms with Gasteiger partial charge in [0.05, 0.1) is 19.8 Å². The summed E-state index contributed by atoms with van der Waals surface area (Å²) in [7, 11) is -2.59. The summed E-state index contributed by atoms with van der Waals surface area (Å²) in [5, 5.41) is 4.86. The highest BCUT2D eigenvalue weighted by atomic mass is 35.5. The van der Waals surface area contributed by atoms with Gasteiger partial charge in [0.25, 0.3) is 8.32 Å². The molecule has 0 atom stereocenters. The smallest absolute Gasteiger partial charge is 0.261 e. The number of aromatic nitrogens is 4. The third-order valence-corrected chi connectivity index (χ3v) is 11.2. The maximum Gasteiger partial charge on any atom is 0.261 e. The van der Waals surface area contributed by atoms with E-state index in [2.05, 4.69) is 89.6 Å². The minimum absolute atomic E-state index is 0.0644. The number of ether oxygens (including phenoxy) is 1. The number of rotatable bonds is 12. The van der Waals surface area contributed by atoms with Crippen LogP contribution in [0.5, 0.6) is 0 Å². The Morgan fingerprint density at radius 2 is 1.57 bits per heavy atom. The molecular formula is C26H30ClN5O4Si. The van der Waals surface area contributed by atoms with Crippen LogP contribution in [-0.2, 0) is 14.0 Å². The molecule has 0 aliphatic rings. The van der Waals surface area contributed by atoms with Crippen molar-refractivity contribution < 1.29 is 18.8 Å². The number of benzene rings is 2. The maximum atomic E-state index is 10.7. The summed E-state index contributed by atoms with van der Waals surface area (Å²) in [6.07, 6.45) is 1.92. The summed E-state index contributed by atoms with van der Waals surface area (Å²) < 4.78 is 14.0. The summed E-state index contributed by atoms with van der Waals surface area (Å²) in [5.74, 6) is 0.0644. The lowest BCUT2D eigenvalue weighted by molar-refractivity contribution is -0.105. The Hall–Kier alpha value is -3.31. The van der Waals surface area contributed by atoms with Gasteiger partial charge in [-0.3, -0.25) is 10.1 Å². The molecule has 2 aromatic carbocycles. The molecule has 2 aromatic heterocycles. The number of fused-ring (bicyclic) bond motifs is 1. The molecule has 4 rings (SSSR count). The first-order valence-corrected chi connectivity index (χ1v) is 14.2. The van der Waals surface area contributed by atoms with Gasteiger partial charge in [0.2, 0.25) is 18.0 Å². The van der Waals surface area contributed by atoms with Crippen molar-refractivity contribution in [2.75, 3.05) is 31.7 Å². The van der Waals surface area contributed by atoms with Crippen molar-refractivity contribution in [2.24, 2.45) is 0 Å². The second-order valence-corrected chi connectivity index (χ2v) is 14.0. The number of hydrogen-bond acceptors (Lipinski definition) is 7. The number of carbonyl (C=O) groups excluding carboxylic acids is 1. The van der Waals surface area contributed by atoms with Crippen LogP contribution in [0.1, 0.15) is 20.8 Å². The Kier molecular flexibility index (Phi) is 8.54. The Morgan fingerprint density at radius 3 is 2.16 bits per heavy atom. The van der Waals surface area contributed by atoms with Gasteiger partial charge in [-0.25, -0.2) is 4.98 Å². The van der Waals surface area contributed by atoms with Crippen LogP contribution < -0.4 is 20.5 Å². The molecule has 1 N–H and O–H groups in total. The molecule has 37 heavy (non-hydrogen) atoms. The van der Waals surface area contributed by atoms with Crippen molar-refractivity contribution in [3.63, 3.8) is 0 Å². The van der Waals surface area contributed by atoms with E-state index in [9.17, 15) is 4.79 Å². The first kappa shape index (κ1) is 26.7. The quantitative estimate of drug-likeness (QED) is 0.128. The highest BCUT2D eigenvalue weighted by Crippen LogP contribution is 2.36. The Morgan fingerprint density at radius 1 is 0.946 bits per heavy atom. The molecule has 9 nitrogen and oxygen atoms in total. The van der Waals surface area contributed by atoms with Crippen molar-refractivity contribution in [2.45, 2.75) is 25.8 Å². The molecule has 4 aromatic rings. The summed E-state index contributed by atoms with van der Waals surface area (Å²) in [6.45, 7) is 8.19. The molecule has 0 aliphatic carbocycles. The Labute approximate surface area is 221 Å². The van der Waals surface area contributed by atoms with Crippen molar-refractivity contribution >= 4 is 53.8 Å². The first-order chi connectivity index (χ1) is 17.9. The van der Waals surface area contributed by atoms with Crippen LogP contribution in [0.3, 0.4) is 0 Å². The monoisotopic (exact) mass is 539 g/mol. The van der Waals surface area contributed by atoms with Gasteiger partial charge in [0.15, 0.2) is 5.15 Å². The Bertz CT molecular complexity index is 1280. The van der Waals surface area contributed by atoms with Crippen LogP contribution in [0.15, 0.2) is 67.0 Å². The topological polar surface area (TPSA) is 100 Å². The molecule has 194 valence electrons. The fourth-order valence-corrected chi connectivity index (χ4v) is 9.13. The molecule has 0 bridgehead atoms. The van der Waals surface area contributed by atoms with Gasteiger partial charge in [-0.05, 0) is 15.4 Å². The number of carbonyl (C=O) groups is 1. The molecule has 2 heterocycles. The molecule has 0 unspecified atom stereocenters. The lowest BCUT2D eigenvalue weighted by Gasteiger charge is -2.43. The normalized spacial score (nSPS) is 12.0. The van der Waals surface area contributed by atoms with E-state index >= 15 is 0 Å². The average Bonchev–Trinajstić information content (AvgIpc) is 3.30. The summed E-state index contributed by atoms with van der Waals surface area (Å²) >= 11 is 6.11.